The van der Waals surface area contributed by atoms with Gasteiger partial charge in [-0.2, -0.15) is 0 Å². The molecule has 3 heterocycles. The number of hydrogen-bond acceptors (Lipinski definition) is 8. The lowest BCUT2D eigenvalue weighted by molar-refractivity contribution is -0.0511. The van der Waals surface area contributed by atoms with Crippen LogP contribution in [0.2, 0.25) is 0 Å². The van der Waals surface area contributed by atoms with E-state index in [9.17, 15) is 10.2 Å². The zero-order valence-electron chi connectivity index (χ0n) is 11.7. The van der Waals surface area contributed by atoms with Gasteiger partial charge >= 0.3 is 0 Å². The van der Waals surface area contributed by atoms with E-state index in [0.29, 0.717) is 23.5 Å². The van der Waals surface area contributed by atoms with Crippen molar-refractivity contribution in [1.82, 2.24) is 19.5 Å². The van der Waals surface area contributed by atoms with E-state index >= 15 is 0 Å². The quantitative estimate of drug-likeness (QED) is 0.520. The van der Waals surface area contributed by atoms with Crippen molar-refractivity contribution >= 4 is 17.0 Å². The Kier molecular flexibility index (Phi) is 4.03. The van der Waals surface area contributed by atoms with E-state index in [2.05, 4.69) is 26.8 Å². The number of rotatable bonds is 5. The minimum atomic E-state index is -1.19. The molecule has 0 bridgehead atoms. The number of imidazole rings is 1. The third kappa shape index (κ3) is 2.33. The molecule has 1 fully saturated rings. The molecular weight excluding hydrogens is 290 g/mol. The molecular formula is C13H17N5O4. The van der Waals surface area contributed by atoms with Gasteiger partial charge < -0.3 is 25.4 Å². The van der Waals surface area contributed by atoms with Gasteiger partial charge in [-0.1, -0.05) is 6.08 Å². The van der Waals surface area contributed by atoms with Crippen LogP contribution in [0.3, 0.4) is 0 Å². The molecule has 4 atom stereocenters. The lowest BCUT2D eigenvalue weighted by Gasteiger charge is -2.16. The van der Waals surface area contributed by atoms with Crippen LogP contribution in [0.1, 0.15) is 6.23 Å². The average Bonchev–Trinajstić information content (AvgIpc) is 3.08. The number of hydrogen-bond donors (Lipinski definition) is 4. The van der Waals surface area contributed by atoms with Crippen LogP contribution < -0.4 is 5.32 Å². The summed E-state index contributed by atoms with van der Waals surface area (Å²) in [4.78, 5) is 12.5. The van der Waals surface area contributed by atoms with Gasteiger partial charge in [0.25, 0.3) is 0 Å². The first-order chi connectivity index (χ1) is 10.7. The van der Waals surface area contributed by atoms with Gasteiger partial charge in [0.05, 0.1) is 12.9 Å². The van der Waals surface area contributed by atoms with Gasteiger partial charge in [-0.15, -0.1) is 6.58 Å². The third-order valence-electron chi connectivity index (χ3n) is 3.56. The summed E-state index contributed by atoms with van der Waals surface area (Å²) in [6.07, 6.45) is 0.432. The summed E-state index contributed by atoms with van der Waals surface area (Å²) in [6.45, 7) is 3.76. The van der Waals surface area contributed by atoms with Crippen molar-refractivity contribution in [2.75, 3.05) is 18.5 Å². The minimum Gasteiger partial charge on any atom is -0.394 e. The Labute approximate surface area is 125 Å². The number of ether oxygens (including phenoxy) is 1. The van der Waals surface area contributed by atoms with Crippen molar-refractivity contribution in [3.63, 3.8) is 0 Å². The Balaban J connectivity index is 1.97. The number of aliphatic hydroxyl groups excluding tert-OH is 3. The summed E-state index contributed by atoms with van der Waals surface area (Å²) in [5.74, 6) is 0.537. The van der Waals surface area contributed by atoms with E-state index in [-0.39, 0.29) is 6.61 Å². The second-order valence-corrected chi connectivity index (χ2v) is 4.94. The number of aliphatic hydroxyl groups is 3. The molecule has 2 aromatic rings. The number of anilines is 1. The largest absolute Gasteiger partial charge is 0.394 e. The molecule has 1 aliphatic rings. The van der Waals surface area contributed by atoms with Crippen LogP contribution in [0.5, 0.6) is 0 Å². The van der Waals surface area contributed by atoms with Crippen LogP contribution in [0.25, 0.3) is 11.2 Å². The second-order valence-electron chi connectivity index (χ2n) is 4.94. The van der Waals surface area contributed by atoms with Crippen LogP contribution >= 0.6 is 0 Å². The maximum Gasteiger partial charge on any atom is 0.167 e. The normalized spacial score (nSPS) is 28.1. The molecule has 0 aliphatic carbocycles. The summed E-state index contributed by atoms with van der Waals surface area (Å²) in [7, 11) is 0. The predicted molar refractivity (Wildman–Crippen MR) is 77.0 cm³/mol. The van der Waals surface area contributed by atoms with E-state index in [4.69, 9.17) is 9.84 Å². The third-order valence-corrected chi connectivity index (χ3v) is 3.56. The van der Waals surface area contributed by atoms with Gasteiger partial charge in [0, 0.05) is 6.54 Å². The maximum absolute atomic E-state index is 10.1. The molecule has 0 saturated carbocycles. The second kappa shape index (κ2) is 5.97. The van der Waals surface area contributed by atoms with Crippen LogP contribution in [-0.4, -0.2) is 66.3 Å². The number of aromatic nitrogens is 4. The molecule has 1 aliphatic heterocycles. The van der Waals surface area contributed by atoms with E-state index in [1.54, 1.807) is 6.08 Å². The lowest BCUT2D eigenvalue weighted by Crippen LogP contribution is -2.33. The highest BCUT2D eigenvalue weighted by molar-refractivity contribution is 5.82. The maximum atomic E-state index is 10.1. The summed E-state index contributed by atoms with van der Waals surface area (Å²) < 4.78 is 7.00. The van der Waals surface area contributed by atoms with Gasteiger partial charge in [-0.3, -0.25) is 4.57 Å². The Hall–Kier alpha value is -2.07. The van der Waals surface area contributed by atoms with Gasteiger partial charge in [0.2, 0.25) is 0 Å². The Bertz CT molecular complexity index is 675. The number of fused-ring (bicyclic) bond motifs is 1. The summed E-state index contributed by atoms with van der Waals surface area (Å²) in [6, 6.07) is 0. The molecule has 22 heavy (non-hydrogen) atoms. The smallest absolute Gasteiger partial charge is 0.167 e. The number of nitrogens with one attached hydrogen (secondary N) is 1. The highest BCUT2D eigenvalue weighted by Crippen LogP contribution is 2.31. The fourth-order valence-electron chi connectivity index (χ4n) is 2.45. The summed E-state index contributed by atoms with van der Waals surface area (Å²) >= 11 is 0. The topological polar surface area (TPSA) is 126 Å². The minimum absolute atomic E-state index is 0.386. The molecule has 0 spiro atoms. The average molecular weight is 307 g/mol. The zero-order valence-corrected chi connectivity index (χ0v) is 11.7. The fraction of sp³-hybridized carbons (Fsp3) is 0.462. The predicted octanol–water partition coefficient (Wildman–Crippen LogP) is -0.964. The van der Waals surface area contributed by atoms with Gasteiger partial charge in [0.15, 0.2) is 23.2 Å². The van der Waals surface area contributed by atoms with Crippen molar-refractivity contribution in [2.45, 2.75) is 24.5 Å². The lowest BCUT2D eigenvalue weighted by atomic mass is 10.1. The fourth-order valence-corrected chi connectivity index (χ4v) is 2.45. The van der Waals surface area contributed by atoms with Gasteiger partial charge in [0.1, 0.15) is 24.6 Å². The van der Waals surface area contributed by atoms with Crippen molar-refractivity contribution in [1.29, 1.82) is 0 Å². The molecule has 9 nitrogen and oxygen atoms in total. The number of nitrogens with zero attached hydrogens (tertiary/aromatic N) is 4. The van der Waals surface area contributed by atoms with E-state index < -0.39 is 24.5 Å². The molecule has 0 aromatic carbocycles. The van der Waals surface area contributed by atoms with Crippen LogP contribution in [0.15, 0.2) is 25.3 Å². The summed E-state index contributed by atoms with van der Waals surface area (Å²) in [5, 5.41) is 32.1. The Morgan fingerprint density at radius 1 is 1.32 bits per heavy atom. The molecule has 0 unspecified atom stereocenters. The Morgan fingerprint density at radius 2 is 2.14 bits per heavy atom. The molecule has 0 amide bonds. The van der Waals surface area contributed by atoms with Crippen LogP contribution in [0.4, 0.5) is 5.82 Å². The van der Waals surface area contributed by atoms with E-state index in [1.165, 1.54) is 17.2 Å². The summed E-state index contributed by atoms with van der Waals surface area (Å²) in [5.41, 5.74) is 0.971. The van der Waals surface area contributed by atoms with E-state index in [0.717, 1.165) is 0 Å². The van der Waals surface area contributed by atoms with Crippen molar-refractivity contribution in [3.05, 3.63) is 25.3 Å². The molecule has 9 heteroatoms. The first-order valence-electron chi connectivity index (χ1n) is 6.82. The highest BCUT2D eigenvalue weighted by Gasteiger charge is 2.43. The molecule has 0 radical (unpaired) electrons. The molecule has 3 rings (SSSR count). The first-order valence-corrected chi connectivity index (χ1v) is 6.82. The molecule has 4 N–H and O–H groups in total. The van der Waals surface area contributed by atoms with E-state index in [1.807, 2.05) is 0 Å². The molecule has 2 aromatic heterocycles. The van der Waals surface area contributed by atoms with Gasteiger partial charge in [-0.05, 0) is 0 Å². The van der Waals surface area contributed by atoms with Crippen LogP contribution in [-0.2, 0) is 4.74 Å². The first kappa shape index (κ1) is 14.9. The highest BCUT2D eigenvalue weighted by atomic mass is 16.6. The zero-order chi connectivity index (χ0) is 15.7. The van der Waals surface area contributed by atoms with Crippen molar-refractivity contribution < 1.29 is 20.1 Å². The molecule has 1 saturated heterocycles. The standard InChI is InChI=1S/C13H17N5O4/c1-2-3-14-11-8-12(16-5-15-11)18(6-17-8)13-10(21)9(20)7(4-19)22-13/h2,5-7,9-10,13,19-21H,1,3-4H2,(H,14,15,16)/t7-,9+,10-,13-/m1/s1. The van der Waals surface area contributed by atoms with Crippen molar-refractivity contribution in [2.24, 2.45) is 0 Å². The SMILES string of the molecule is C=CCNc1ncnc2c1ncn2[C@@H]1O[C@H](CO)[C@H](O)[C@H]1O. The van der Waals surface area contributed by atoms with Gasteiger partial charge in [-0.25, -0.2) is 15.0 Å². The molecule has 118 valence electrons. The van der Waals surface area contributed by atoms with Crippen LogP contribution in [0, 0.1) is 0 Å². The Morgan fingerprint density at radius 3 is 2.82 bits per heavy atom. The van der Waals surface area contributed by atoms with Crippen molar-refractivity contribution in [3.8, 4) is 0 Å². The monoisotopic (exact) mass is 307 g/mol.